The first-order chi connectivity index (χ1) is 12.2. The SMILES string of the molecule is Cc1cccc(NC(=O)/C(C#N)=C\Nc2ccccc2C(F)(F)F)c1C. The van der Waals surface area contributed by atoms with Gasteiger partial charge in [-0.2, -0.15) is 18.4 Å². The second-order valence-corrected chi connectivity index (χ2v) is 5.56. The fourth-order valence-electron chi connectivity index (χ4n) is 2.23. The number of amides is 1. The number of nitriles is 1. The fraction of sp³-hybridized carbons (Fsp3) is 0.158. The van der Waals surface area contributed by atoms with Gasteiger partial charge in [-0.05, 0) is 43.2 Å². The van der Waals surface area contributed by atoms with Crippen LogP contribution in [0.1, 0.15) is 16.7 Å². The fourth-order valence-corrected chi connectivity index (χ4v) is 2.23. The van der Waals surface area contributed by atoms with Gasteiger partial charge in [0, 0.05) is 11.9 Å². The van der Waals surface area contributed by atoms with E-state index in [2.05, 4.69) is 10.6 Å². The van der Waals surface area contributed by atoms with Crippen molar-refractivity contribution in [2.24, 2.45) is 0 Å². The maximum atomic E-state index is 13.0. The molecule has 0 aliphatic rings. The van der Waals surface area contributed by atoms with Crippen molar-refractivity contribution in [3.8, 4) is 6.07 Å². The molecule has 134 valence electrons. The van der Waals surface area contributed by atoms with Crippen molar-refractivity contribution in [3.05, 3.63) is 70.9 Å². The third kappa shape index (κ3) is 4.42. The Balaban J connectivity index is 2.23. The van der Waals surface area contributed by atoms with Gasteiger partial charge in [-0.1, -0.05) is 24.3 Å². The minimum atomic E-state index is -4.55. The number of alkyl halides is 3. The first-order valence-electron chi connectivity index (χ1n) is 7.64. The lowest BCUT2D eigenvalue weighted by Gasteiger charge is -2.13. The zero-order valence-corrected chi connectivity index (χ0v) is 14.1. The van der Waals surface area contributed by atoms with Gasteiger partial charge in [-0.15, -0.1) is 0 Å². The van der Waals surface area contributed by atoms with E-state index >= 15 is 0 Å². The monoisotopic (exact) mass is 359 g/mol. The van der Waals surface area contributed by atoms with Crippen molar-refractivity contribution in [2.75, 3.05) is 10.6 Å². The summed E-state index contributed by atoms with van der Waals surface area (Å²) in [5, 5.41) is 14.2. The molecule has 0 aliphatic carbocycles. The summed E-state index contributed by atoms with van der Waals surface area (Å²) in [5.41, 5.74) is 0.863. The summed E-state index contributed by atoms with van der Waals surface area (Å²) in [6.45, 7) is 3.69. The zero-order valence-electron chi connectivity index (χ0n) is 14.1. The molecule has 0 saturated heterocycles. The highest BCUT2D eigenvalue weighted by Gasteiger charge is 2.33. The van der Waals surface area contributed by atoms with Crippen LogP contribution in [0.3, 0.4) is 0 Å². The smallest absolute Gasteiger partial charge is 0.360 e. The number of para-hydroxylation sites is 1. The maximum Gasteiger partial charge on any atom is 0.418 e. The molecule has 2 N–H and O–H groups in total. The molecule has 26 heavy (non-hydrogen) atoms. The highest BCUT2D eigenvalue weighted by molar-refractivity contribution is 6.07. The van der Waals surface area contributed by atoms with Crippen LogP contribution in [0.25, 0.3) is 0 Å². The Morgan fingerprint density at radius 1 is 1.08 bits per heavy atom. The summed E-state index contributed by atoms with van der Waals surface area (Å²) in [5.74, 6) is -0.710. The predicted molar refractivity (Wildman–Crippen MR) is 93.3 cm³/mol. The van der Waals surface area contributed by atoms with Gasteiger partial charge in [0.1, 0.15) is 11.6 Å². The Bertz CT molecular complexity index is 896. The Morgan fingerprint density at radius 3 is 2.38 bits per heavy atom. The van der Waals surface area contributed by atoms with E-state index in [0.717, 1.165) is 23.4 Å². The second-order valence-electron chi connectivity index (χ2n) is 5.56. The van der Waals surface area contributed by atoms with Gasteiger partial charge in [-0.25, -0.2) is 0 Å². The van der Waals surface area contributed by atoms with Crippen LogP contribution in [0.15, 0.2) is 54.2 Å². The lowest BCUT2D eigenvalue weighted by Crippen LogP contribution is -2.16. The summed E-state index contributed by atoms with van der Waals surface area (Å²) in [4.78, 5) is 12.2. The molecule has 0 saturated carbocycles. The van der Waals surface area contributed by atoms with E-state index in [1.165, 1.54) is 18.2 Å². The molecule has 7 heteroatoms. The number of rotatable bonds is 4. The van der Waals surface area contributed by atoms with Gasteiger partial charge in [-0.3, -0.25) is 4.79 Å². The highest BCUT2D eigenvalue weighted by atomic mass is 19.4. The Labute approximate surface area is 149 Å². The summed E-state index contributed by atoms with van der Waals surface area (Å²) < 4.78 is 38.9. The maximum absolute atomic E-state index is 13.0. The van der Waals surface area contributed by atoms with Gasteiger partial charge in [0.2, 0.25) is 0 Å². The molecule has 0 heterocycles. The van der Waals surface area contributed by atoms with Crippen LogP contribution >= 0.6 is 0 Å². The highest BCUT2D eigenvalue weighted by Crippen LogP contribution is 2.34. The van der Waals surface area contributed by atoms with E-state index in [1.807, 2.05) is 19.9 Å². The summed E-state index contributed by atoms with van der Waals surface area (Å²) >= 11 is 0. The quantitative estimate of drug-likeness (QED) is 0.610. The number of halogens is 3. The van der Waals surface area contributed by atoms with Crippen LogP contribution in [0.4, 0.5) is 24.5 Å². The summed E-state index contributed by atoms with van der Waals surface area (Å²) in [6.07, 6.45) is -3.59. The van der Waals surface area contributed by atoms with Crippen molar-refractivity contribution in [1.82, 2.24) is 0 Å². The van der Waals surface area contributed by atoms with Crippen molar-refractivity contribution in [2.45, 2.75) is 20.0 Å². The van der Waals surface area contributed by atoms with E-state index in [-0.39, 0.29) is 11.3 Å². The normalized spacial score (nSPS) is 11.6. The van der Waals surface area contributed by atoms with Gasteiger partial charge in [0.05, 0.1) is 11.3 Å². The van der Waals surface area contributed by atoms with Crippen LogP contribution < -0.4 is 10.6 Å². The standard InChI is InChI=1S/C19H16F3N3O/c1-12-6-5-9-16(13(12)2)25-18(26)14(10-23)11-24-17-8-4-3-7-15(17)19(20,21)22/h3-9,11,24H,1-2H3,(H,25,26)/b14-11-. The van der Waals surface area contributed by atoms with E-state index in [1.54, 1.807) is 18.2 Å². The van der Waals surface area contributed by atoms with Crippen molar-refractivity contribution in [1.29, 1.82) is 5.26 Å². The second kappa shape index (κ2) is 7.74. The average molecular weight is 359 g/mol. The molecule has 4 nitrogen and oxygen atoms in total. The molecule has 0 fully saturated rings. The minimum Gasteiger partial charge on any atom is -0.360 e. The van der Waals surface area contributed by atoms with Crippen LogP contribution in [0.5, 0.6) is 0 Å². The van der Waals surface area contributed by atoms with Gasteiger partial charge in [0.25, 0.3) is 5.91 Å². The molecular weight excluding hydrogens is 343 g/mol. The van der Waals surface area contributed by atoms with E-state index in [0.29, 0.717) is 5.69 Å². The van der Waals surface area contributed by atoms with Crippen molar-refractivity contribution in [3.63, 3.8) is 0 Å². The molecule has 0 radical (unpaired) electrons. The first kappa shape index (κ1) is 19.1. The first-order valence-corrected chi connectivity index (χ1v) is 7.64. The Hall–Kier alpha value is -3.27. The van der Waals surface area contributed by atoms with Crippen LogP contribution in [-0.2, 0) is 11.0 Å². The number of benzene rings is 2. The topological polar surface area (TPSA) is 64.9 Å². The Morgan fingerprint density at radius 2 is 1.73 bits per heavy atom. The summed E-state index contributed by atoms with van der Waals surface area (Å²) in [6, 6.07) is 11.8. The third-order valence-corrected chi connectivity index (χ3v) is 3.82. The number of carbonyl (C=O) groups excluding carboxylic acids is 1. The minimum absolute atomic E-state index is 0.243. The van der Waals surface area contributed by atoms with Crippen LogP contribution in [-0.4, -0.2) is 5.91 Å². The molecular formula is C19H16F3N3O. The van der Waals surface area contributed by atoms with Crippen molar-refractivity contribution < 1.29 is 18.0 Å². The largest absolute Gasteiger partial charge is 0.418 e. The molecule has 2 rings (SSSR count). The predicted octanol–water partition coefficient (Wildman–Crippen LogP) is 4.78. The van der Waals surface area contributed by atoms with E-state index in [9.17, 15) is 18.0 Å². The molecule has 0 atom stereocenters. The lowest BCUT2D eigenvalue weighted by atomic mass is 10.1. The van der Waals surface area contributed by atoms with E-state index in [4.69, 9.17) is 5.26 Å². The number of hydrogen-bond acceptors (Lipinski definition) is 3. The van der Waals surface area contributed by atoms with E-state index < -0.39 is 17.6 Å². The number of nitrogens with zero attached hydrogens (tertiary/aromatic N) is 1. The van der Waals surface area contributed by atoms with Crippen LogP contribution in [0.2, 0.25) is 0 Å². The van der Waals surface area contributed by atoms with Gasteiger partial charge in [0.15, 0.2) is 0 Å². The van der Waals surface area contributed by atoms with Crippen molar-refractivity contribution >= 4 is 17.3 Å². The van der Waals surface area contributed by atoms with Crippen LogP contribution in [0, 0.1) is 25.2 Å². The molecule has 2 aromatic rings. The number of aryl methyl sites for hydroxylation is 1. The average Bonchev–Trinajstić information content (AvgIpc) is 2.59. The molecule has 0 aliphatic heterocycles. The third-order valence-electron chi connectivity index (χ3n) is 3.82. The molecule has 0 aromatic heterocycles. The Kier molecular flexibility index (Phi) is 5.68. The molecule has 2 aromatic carbocycles. The summed E-state index contributed by atoms with van der Waals surface area (Å²) in [7, 11) is 0. The number of hydrogen-bond donors (Lipinski definition) is 2. The zero-order chi connectivity index (χ0) is 19.3. The number of nitrogens with one attached hydrogen (secondary N) is 2. The molecule has 0 bridgehead atoms. The van der Waals surface area contributed by atoms with Gasteiger partial charge < -0.3 is 10.6 Å². The number of carbonyl (C=O) groups is 1. The molecule has 1 amide bonds. The molecule has 0 unspecified atom stereocenters. The molecule has 0 spiro atoms. The van der Waals surface area contributed by atoms with Gasteiger partial charge >= 0.3 is 6.18 Å². The lowest BCUT2D eigenvalue weighted by molar-refractivity contribution is -0.136. The number of anilines is 2.